The van der Waals surface area contributed by atoms with Crippen molar-refractivity contribution in [2.75, 3.05) is 0 Å². The summed E-state index contributed by atoms with van der Waals surface area (Å²) in [4.78, 5) is 4.70. The summed E-state index contributed by atoms with van der Waals surface area (Å²) in [7, 11) is 0. The first-order chi connectivity index (χ1) is 9.20. The second-order valence-corrected chi connectivity index (χ2v) is 6.68. The minimum Gasteiger partial charge on any atom is -0.324 e. The number of aromatic nitrogens is 2. The van der Waals surface area contributed by atoms with E-state index in [-0.39, 0.29) is 0 Å². The van der Waals surface area contributed by atoms with Gasteiger partial charge in [-0.3, -0.25) is 0 Å². The van der Waals surface area contributed by atoms with Crippen LogP contribution in [0, 0.1) is 5.92 Å². The number of hydrogen-bond donors (Lipinski definition) is 0. The van der Waals surface area contributed by atoms with Gasteiger partial charge in [0.05, 0.1) is 16.9 Å². The summed E-state index contributed by atoms with van der Waals surface area (Å²) in [6, 6.07) is 6.87. The van der Waals surface area contributed by atoms with Crippen molar-refractivity contribution in [3.63, 3.8) is 0 Å². The second kappa shape index (κ2) is 5.45. The predicted octanol–water partition coefficient (Wildman–Crippen LogP) is 5.29. The average molecular weight is 342 g/mol. The Morgan fingerprint density at radius 2 is 2.16 bits per heavy atom. The Hall–Kier alpha value is -0.540. The summed E-state index contributed by atoms with van der Waals surface area (Å²) in [5, 5.41) is 0. The molecule has 0 N–H and O–H groups in total. The van der Waals surface area contributed by atoms with E-state index in [1.165, 1.54) is 31.2 Å². The van der Waals surface area contributed by atoms with Gasteiger partial charge in [0.25, 0.3) is 0 Å². The molecule has 1 saturated carbocycles. The molecule has 4 heteroatoms. The lowest BCUT2D eigenvalue weighted by molar-refractivity contribution is 0.258. The summed E-state index contributed by atoms with van der Waals surface area (Å²) >= 11 is 9.63. The maximum absolute atomic E-state index is 6.12. The highest BCUT2D eigenvalue weighted by molar-refractivity contribution is 9.10. The fourth-order valence-corrected chi connectivity index (χ4v) is 3.80. The van der Waals surface area contributed by atoms with E-state index in [4.69, 9.17) is 16.6 Å². The van der Waals surface area contributed by atoms with E-state index in [1.807, 2.05) is 0 Å². The van der Waals surface area contributed by atoms with Crippen molar-refractivity contribution in [1.29, 1.82) is 0 Å². The molecule has 0 spiro atoms. The zero-order chi connectivity index (χ0) is 13.4. The molecule has 2 unspecified atom stereocenters. The molecular weight excluding hydrogens is 324 g/mol. The standard InChI is InChI=1S/C15H18BrClN2/c1-10-4-2-3-5-13(10)19-14-7-6-11(16)8-12(14)18-15(19)9-17/h6-8,10,13H,2-5,9H2,1H3. The lowest BCUT2D eigenvalue weighted by Gasteiger charge is -2.31. The third-order valence-corrected chi connectivity index (χ3v) is 4.97. The van der Waals surface area contributed by atoms with Crippen LogP contribution >= 0.6 is 27.5 Å². The van der Waals surface area contributed by atoms with Crippen LogP contribution in [0.25, 0.3) is 11.0 Å². The minimum absolute atomic E-state index is 0.482. The molecule has 1 aliphatic carbocycles. The van der Waals surface area contributed by atoms with E-state index in [2.05, 4.69) is 45.6 Å². The Morgan fingerprint density at radius 1 is 1.37 bits per heavy atom. The number of imidazole rings is 1. The van der Waals surface area contributed by atoms with Crippen molar-refractivity contribution >= 4 is 38.6 Å². The average Bonchev–Trinajstić information content (AvgIpc) is 2.76. The molecule has 19 heavy (non-hydrogen) atoms. The molecule has 1 heterocycles. The summed E-state index contributed by atoms with van der Waals surface area (Å²) in [6.07, 6.45) is 5.22. The van der Waals surface area contributed by atoms with Crippen LogP contribution in [0.3, 0.4) is 0 Å². The van der Waals surface area contributed by atoms with Gasteiger partial charge in [0.1, 0.15) is 5.82 Å². The van der Waals surface area contributed by atoms with Gasteiger partial charge in [-0.1, -0.05) is 35.7 Å². The predicted molar refractivity (Wildman–Crippen MR) is 83.7 cm³/mol. The van der Waals surface area contributed by atoms with Crippen LogP contribution in [-0.2, 0) is 5.88 Å². The SMILES string of the molecule is CC1CCCCC1n1c(CCl)nc2cc(Br)ccc21. The van der Waals surface area contributed by atoms with Gasteiger partial charge >= 0.3 is 0 Å². The lowest BCUT2D eigenvalue weighted by Crippen LogP contribution is -2.22. The van der Waals surface area contributed by atoms with Crippen molar-refractivity contribution < 1.29 is 0 Å². The highest BCUT2D eigenvalue weighted by atomic mass is 79.9. The molecule has 1 fully saturated rings. The molecule has 2 atom stereocenters. The maximum Gasteiger partial charge on any atom is 0.125 e. The highest BCUT2D eigenvalue weighted by Gasteiger charge is 2.26. The van der Waals surface area contributed by atoms with Crippen LogP contribution in [0.15, 0.2) is 22.7 Å². The highest BCUT2D eigenvalue weighted by Crippen LogP contribution is 2.37. The largest absolute Gasteiger partial charge is 0.324 e. The first-order valence-electron chi connectivity index (χ1n) is 6.93. The molecule has 1 aliphatic rings. The number of alkyl halides is 1. The van der Waals surface area contributed by atoms with Gasteiger partial charge in [0.15, 0.2) is 0 Å². The monoisotopic (exact) mass is 340 g/mol. The second-order valence-electron chi connectivity index (χ2n) is 5.49. The van der Waals surface area contributed by atoms with Crippen LogP contribution in [0.2, 0.25) is 0 Å². The molecule has 0 bridgehead atoms. The zero-order valence-electron chi connectivity index (χ0n) is 11.1. The van der Waals surface area contributed by atoms with Gasteiger partial charge in [-0.2, -0.15) is 0 Å². The van der Waals surface area contributed by atoms with E-state index >= 15 is 0 Å². The van der Waals surface area contributed by atoms with Crippen LogP contribution < -0.4 is 0 Å². The summed E-state index contributed by atoms with van der Waals surface area (Å²) < 4.78 is 3.46. The van der Waals surface area contributed by atoms with E-state index in [0.717, 1.165) is 15.8 Å². The van der Waals surface area contributed by atoms with Gasteiger partial charge in [-0.15, -0.1) is 11.6 Å². The molecule has 0 aliphatic heterocycles. The quantitative estimate of drug-likeness (QED) is 0.679. The van der Waals surface area contributed by atoms with Crippen molar-refractivity contribution in [3.8, 4) is 0 Å². The molecule has 0 saturated heterocycles. The molecule has 0 amide bonds. The first-order valence-corrected chi connectivity index (χ1v) is 8.26. The molecule has 1 aromatic carbocycles. The maximum atomic E-state index is 6.12. The van der Waals surface area contributed by atoms with Gasteiger partial charge in [0.2, 0.25) is 0 Å². The number of nitrogens with zero attached hydrogens (tertiary/aromatic N) is 2. The van der Waals surface area contributed by atoms with Crippen molar-refractivity contribution in [2.45, 2.75) is 44.5 Å². The number of hydrogen-bond acceptors (Lipinski definition) is 1. The molecular formula is C15H18BrClN2. The van der Waals surface area contributed by atoms with Crippen molar-refractivity contribution in [2.24, 2.45) is 5.92 Å². The Bertz CT molecular complexity index is 593. The number of benzene rings is 1. The van der Waals surface area contributed by atoms with Crippen LogP contribution in [0.1, 0.15) is 44.5 Å². The Balaban J connectivity index is 2.14. The normalized spacial score (nSPS) is 23.9. The van der Waals surface area contributed by atoms with Crippen LogP contribution in [0.4, 0.5) is 0 Å². The van der Waals surface area contributed by atoms with E-state index in [9.17, 15) is 0 Å². The Labute approximate surface area is 127 Å². The van der Waals surface area contributed by atoms with E-state index in [0.29, 0.717) is 17.8 Å². The summed E-state index contributed by atoms with van der Waals surface area (Å²) in [6.45, 7) is 2.35. The molecule has 1 aromatic heterocycles. The molecule has 2 aromatic rings. The summed E-state index contributed by atoms with van der Waals surface area (Å²) in [5.74, 6) is 2.19. The van der Waals surface area contributed by atoms with Crippen molar-refractivity contribution in [1.82, 2.24) is 9.55 Å². The lowest BCUT2D eigenvalue weighted by atomic mass is 9.85. The topological polar surface area (TPSA) is 17.8 Å². The third-order valence-electron chi connectivity index (χ3n) is 4.24. The van der Waals surface area contributed by atoms with E-state index < -0.39 is 0 Å². The Kier molecular flexibility index (Phi) is 3.86. The minimum atomic E-state index is 0.482. The molecule has 3 rings (SSSR count). The van der Waals surface area contributed by atoms with Gasteiger partial charge in [0, 0.05) is 10.5 Å². The molecule has 2 nitrogen and oxygen atoms in total. The molecule has 0 radical (unpaired) electrons. The Morgan fingerprint density at radius 3 is 2.89 bits per heavy atom. The number of fused-ring (bicyclic) bond motifs is 1. The first kappa shape index (κ1) is 13.4. The van der Waals surface area contributed by atoms with E-state index in [1.54, 1.807) is 0 Å². The number of halogens is 2. The zero-order valence-corrected chi connectivity index (χ0v) is 13.4. The molecule has 102 valence electrons. The van der Waals surface area contributed by atoms with Gasteiger partial charge in [-0.05, 0) is 37.0 Å². The fraction of sp³-hybridized carbons (Fsp3) is 0.533. The van der Waals surface area contributed by atoms with Crippen molar-refractivity contribution in [3.05, 3.63) is 28.5 Å². The third kappa shape index (κ3) is 2.43. The van der Waals surface area contributed by atoms with Gasteiger partial charge in [-0.25, -0.2) is 4.98 Å². The van der Waals surface area contributed by atoms with Crippen LogP contribution in [-0.4, -0.2) is 9.55 Å². The fourth-order valence-electron chi connectivity index (χ4n) is 3.27. The number of rotatable bonds is 2. The summed E-state index contributed by atoms with van der Waals surface area (Å²) in [5.41, 5.74) is 2.26. The smallest absolute Gasteiger partial charge is 0.125 e. The van der Waals surface area contributed by atoms with Gasteiger partial charge < -0.3 is 4.57 Å². The van der Waals surface area contributed by atoms with Crippen LogP contribution in [0.5, 0.6) is 0 Å².